The first kappa shape index (κ1) is 17.9. The number of amides is 1. The Kier molecular flexibility index (Phi) is 4.90. The van der Waals surface area contributed by atoms with Gasteiger partial charge in [0.1, 0.15) is 5.69 Å². The van der Waals surface area contributed by atoms with Crippen LogP contribution in [0.25, 0.3) is 0 Å². The molecule has 2 aromatic carbocycles. The van der Waals surface area contributed by atoms with E-state index in [2.05, 4.69) is 10.6 Å². The lowest BCUT2D eigenvalue weighted by Crippen LogP contribution is -2.53. The number of nitrogens with one attached hydrogen (secondary N) is 2. The molecule has 0 saturated heterocycles. The molecular weight excluding hydrogens is 332 g/mol. The molecule has 7 nitrogen and oxygen atoms in total. The van der Waals surface area contributed by atoms with E-state index in [-0.39, 0.29) is 17.2 Å². The zero-order valence-corrected chi connectivity index (χ0v) is 14.6. The average Bonchev–Trinajstić information content (AvgIpc) is 3.48. The molecule has 1 atom stereocenters. The first-order valence-electron chi connectivity index (χ1n) is 8.56. The van der Waals surface area contributed by atoms with Crippen molar-refractivity contribution in [2.45, 2.75) is 25.3 Å². The number of nitro groups is 1. The van der Waals surface area contributed by atoms with Crippen molar-refractivity contribution >= 4 is 23.0 Å². The third-order valence-corrected chi connectivity index (χ3v) is 4.81. The van der Waals surface area contributed by atoms with Gasteiger partial charge in [-0.25, -0.2) is 0 Å². The van der Waals surface area contributed by atoms with Crippen molar-refractivity contribution in [3.8, 4) is 0 Å². The molecule has 1 fully saturated rings. The summed E-state index contributed by atoms with van der Waals surface area (Å²) in [7, 11) is 0. The van der Waals surface area contributed by atoms with E-state index in [1.165, 1.54) is 6.07 Å². The van der Waals surface area contributed by atoms with Crippen LogP contribution in [0, 0.1) is 16.0 Å². The highest BCUT2D eigenvalue weighted by Crippen LogP contribution is 2.39. The van der Waals surface area contributed by atoms with Gasteiger partial charge in [0.25, 0.3) is 11.6 Å². The fraction of sp³-hybridized carbons (Fsp3) is 0.316. The Morgan fingerprint density at radius 1 is 1.27 bits per heavy atom. The second-order valence-corrected chi connectivity index (χ2v) is 6.83. The number of nitrogens with zero attached hydrogens (tertiary/aromatic N) is 1. The van der Waals surface area contributed by atoms with Crippen LogP contribution < -0.4 is 16.4 Å². The molecule has 1 aliphatic rings. The second-order valence-electron chi connectivity index (χ2n) is 6.83. The van der Waals surface area contributed by atoms with Gasteiger partial charge in [-0.3, -0.25) is 14.9 Å². The van der Waals surface area contributed by atoms with Crippen LogP contribution in [-0.4, -0.2) is 22.9 Å². The van der Waals surface area contributed by atoms with Gasteiger partial charge >= 0.3 is 0 Å². The van der Waals surface area contributed by atoms with Gasteiger partial charge in [0.2, 0.25) is 0 Å². The van der Waals surface area contributed by atoms with Crippen LogP contribution >= 0.6 is 0 Å². The van der Waals surface area contributed by atoms with Crippen molar-refractivity contribution in [1.82, 2.24) is 5.32 Å². The molecule has 1 unspecified atom stereocenters. The summed E-state index contributed by atoms with van der Waals surface area (Å²) in [5.74, 6) is 0.0182. The van der Waals surface area contributed by atoms with E-state index < -0.39 is 10.5 Å². The highest BCUT2D eigenvalue weighted by molar-refractivity contribution is 5.96. The Labute approximate surface area is 151 Å². The molecule has 1 amide bonds. The third kappa shape index (κ3) is 3.83. The number of nitrogens with two attached hydrogens (primary N) is 1. The lowest BCUT2D eigenvalue weighted by Gasteiger charge is -2.29. The number of hydrogen-bond donors (Lipinski definition) is 3. The Morgan fingerprint density at radius 2 is 1.96 bits per heavy atom. The molecule has 0 bridgehead atoms. The maximum absolute atomic E-state index is 12.6. The van der Waals surface area contributed by atoms with Crippen LogP contribution in [0.3, 0.4) is 0 Å². The normalized spacial score (nSPS) is 15.8. The Morgan fingerprint density at radius 3 is 2.54 bits per heavy atom. The predicted molar refractivity (Wildman–Crippen MR) is 100 cm³/mol. The van der Waals surface area contributed by atoms with E-state index in [4.69, 9.17) is 5.73 Å². The van der Waals surface area contributed by atoms with Crippen LogP contribution in [0.1, 0.15) is 30.1 Å². The van der Waals surface area contributed by atoms with Gasteiger partial charge in [-0.05, 0) is 49.9 Å². The van der Waals surface area contributed by atoms with E-state index in [9.17, 15) is 14.9 Å². The van der Waals surface area contributed by atoms with Gasteiger partial charge < -0.3 is 16.4 Å². The van der Waals surface area contributed by atoms with Crippen molar-refractivity contribution in [2.75, 3.05) is 11.9 Å². The molecular formula is C19H22N4O3. The van der Waals surface area contributed by atoms with Crippen LogP contribution in [-0.2, 0) is 0 Å². The maximum atomic E-state index is 12.6. The molecule has 136 valence electrons. The number of para-hydroxylation sites is 1. The maximum Gasteiger partial charge on any atom is 0.293 e. The Hall–Kier alpha value is -2.93. The van der Waals surface area contributed by atoms with Crippen molar-refractivity contribution in [2.24, 2.45) is 11.7 Å². The number of carbonyl (C=O) groups excluding carboxylic acids is 1. The lowest BCUT2D eigenvalue weighted by molar-refractivity contribution is -0.383. The van der Waals surface area contributed by atoms with Crippen LogP contribution in [0.4, 0.5) is 17.1 Å². The van der Waals surface area contributed by atoms with E-state index >= 15 is 0 Å². The van der Waals surface area contributed by atoms with E-state index in [1.54, 1.807) is 12.1 Å². The van der Waals surface area contributed by atoms with Gasteiger partial charge in [-0.2, -0.15) is 0 Å². The van der Waals surface area contributed by atoms with Gasteiger partial charge in [0.15, 0.2) is 0 Å². The topological polar surface area (TPSA) is 110 Å². The quantitative estimate of drug-likeness (QED) is 0.522. The Balaban J connectivity index is 1.84. The van der Waals surface area contributed by atoms with Crippen LogP contribution in [0.2, 0.25) is 0 Å². The van der Waals surface area contributed by atoms with Gasteiger partial charge in [-0.1, -0.05) is 18.2 Å². The molecule has 4 N–H and O–H groups in total. The second kappa shape index (κ2) is 7.13. The molecule has 0 heterocycles. The monoisotopic (exact) mass is 354 g/mol. The average molecular weight is 354 g/mol. The van der Waals surface area contributed by atoms with E-state index in [0.717, 1.165) is 18.5 Å². The highest BCUT2D eigenvalue weighted by atomic mass is 16.6. The molecule has 2 aromatic rings. The molecule has 7 heteroatoms. The first-order chi connectivity index (χ1) is 12.4. The fourth-order valence-corrected chi connectivity index (χ4v) is 2.98. The van der Waals surface area contributed by atoms with E-state index in [0.29, 0.717) is 18.2 Å². The Bertz CT molecular complexity index is 821. The zero-order chi connectivity index (χ0) is 18.7. The number of nitro benzene ring substituents is 1. The minimum Gasteiger partial charge on any atom is -0.350 e. The molecule has 1 saturated carbocycles. The highest BCUT2D eigenvalue weighted by Gasteiger charge is 2.41. The summed E-state index contributed by atoms with van der Waals surface area (Å²) in [5.41, 5.74) is 6.51. The summed E-state index contributed by atoms with van der Waals surface area (Å²) < 4.78 is 0. The van der Waals surface area contributed by atoms with Crippen molar-refractivity contribution in [1.29, 1.82) is 0 Å². The number of benzene rings is 2. The molecule has 0 aromatic heterocycles. The van der Waals surface area contributed by atoms with Gasteiger partial charge in [0, 0.05) is 23.9 Å². The van der Waals surface area contributed by atoms with Crippen molar-refractivity contribution in [3.63, 3.8) is 0 Å². The summed E-state index contributed by atoms with van der Waals surface area (Å²) in [6.45, 7) is 2.25. The number of hydrogen-bond acceptors (Lipinski definition) is 5. The minimum atomic E-state index is -0.495. The third-order valence-electron chi connectivity index (χ3n) is 4.81. The first-order valence-corrected chi connectivity index (χ1v) is 8.56. The molecule has 0 spiro atoms. The number of rotatable bonds is 7. The van der Waals surface area contributed by atoms with Crippen LogP contribution in [0.15, 0.2) is 48.5 Å². The predicted octanol–water partition coefficient (Wildman–Crippen LogP) is 3.20. The summed E-state index contributed by atoms with van der Waals surface area (Å²) in [6, 6.07) is 13.6. The number of carbonyl (C=O) groups is 1. The summed E-state index contributed by atoms with van der Waals surface area (Å²) in [4.78, 5) is 23.6. The van der Waals surface area contributed by atoms with Crippen molar-refractivity contribution in [3.05, 3.63) is 64.2 Å². The zero-order valence-electron chi connectivity index (χ0n) is 14.6. The van der Waals surface area contributed by atoms with Crippen molar-refractivity contribution < 1.29 is 9.72 Å². The minimum absolute atomic E-state index is 0.151. The molecule has 0 aliphatic heterocycles. The largest absolute Gasteiger partial charge is 0.350 e. The summed E-state index contributed by atoms with van der Waals surface area (Å²) in [5, 5.41) is 17.4. The molecule has 0 radical (unpaired) electrons. The molecule has 1 aliphatic carbocycles. The summed E-state index contributed by atoms with van der Waals surface area (Å²) in [6.07, 6.45) is 2.07. The lowest BCUT2D eigenvalue weighted by atomic mass is 9.95. The van der Waals surface area contributed by atoms with Gasteiger partial charge in [-0.15, -0.1) is 0 Å². The van der Waals surface area contributed by atoms with E-state index in [1.807, 2.05) is 37.3 Å². The molecule has 3 rings (SSSR count). The summed E-state index contributed by atoms with van der Waals surface area (Å²) >= 11 is 0. The van der Waals surface area contributed by atoms with Crippen LogP contribution in [0.5, 0.6) is 0 Å². The smallest absolute Gasteiger partial charge is 0.293 e. The SMILES string of the molecule is CC(CN)(NC(=O)c1ccc(Nc2ccccc2)c([N+](=O)[O-])c1)C1CC1. The standard InChI is InChI=1S/C19H22N4O3/c1-19(12-20,14-8-9-14)22-18(24)13-7-10-16(17(11-13)23(25)26)21-15-5-3-2-4-6-15/h2-7,10-11,14,21H,8-9,12,20H2,1H3,(H,22,24). The molecule has 26 heavy (non-hydrogen) atoms. The fourth-order valence-electron chi connectivity index (χ4n) is 2.98. The number of anilines is 2. The van der Waals surface area contributed by atoms with Gasteiger partial charge in [0.05, 0.1) is 10.5 Å².